The van der Waals surface area contributed by atoms with Crippen LogP contribution in [0.4, 0.5) is 9.18 Å². The summed E-state index contributed by atoms with van der Waals surface area (Å²) in [5, 5.41) is 3.16. The van der Waals surface area contributed by atoms with E-state index in [0.717, 1.165) is 32.5 Å². The molecule has 3 aliphatic rings. The molecular weight excluding hydrogens is 397 g/mol. The standard InChI is InChI=1S/C24H34FN3O3/c1-24(2,3)31-23(30)28-14-18(25)11-21(28)22(29)26-20-10-9-17-13-27(15-19(17)20)12-16-7-5-4-6-8-16/h4-8,17-21H,9-15H2,1-3H3,(H,26,29)/t17-,18?,19?,20+,21?/m1/s1. The van der Waals surface area contributed by atoms with Crippen molar-refractivity contribution in [1.82, 2.24) is 15.1 Å². The highest BCUT2D eigenvalue weighted by Crippen LogP contribution is 2.39. The first-order chi connectivity index (χ1) is 14.7. The van der Waals surface area contributed by atoms with E-state index in [9.17, 15) is 14.0 Å². The molecule has 0 spiro atoms. The minimum absolute atomic E-state index is 0.0338. The van der Waals surface area contributed by atoms with Gasteiger partial charge < -0.3 is 10.1 Å². The highest BCUT2D eigenvalue weighted by Gasteiger charge is 2.46. The van der Waals surface area contributed by atoms with E-state index in [-0.39, 0.29) is 24.9 Å². The maximum Gasteiger partial charge on any atom is 0.411 e. The molecule has 1 aromatic carbocycles. The minimum Gasteiger partial charge on any atom is -0.444 e. The van der Waals surface area contributed by atoms with Crippen molar-refractivity contribution >= 4 is 12.0 Å². The quantitative estimate of drug-likeness (QED) is 0.794. The number of likely N-dealkylation sites (tertiary alicyclic amines) is 2. The van der Waals surface area contributed by atoms with Gasteiger partial charge in [-0.2, -0.15) is 0 Å². The molecule has 4 rings (SSSR count). The van der Waals surface area contributed by atoms with Gasteiger partial charge in [0.25, 0.3) is 0 Å². The van der Waals surface area contributed by atoms with Gasteiger partial charge in [-0.3, -0.25) is 14.6 Å². The predicted molar refractivity (Wildman–Crippen MR) is 116 cm³/mol. The van der Waals surface area contributed by atoms with Crippen LogP contribution < -0.4 is 5.32 Å². The zero-order valence-electron chi connectivity index (χ0n) is 18.7. The van der Waals surface area contributed by atoms with E-state index in [4.69, 9.17) is 4.74 Å². The Kier molecular flexibility index (Phi) is 6.24. The normalized spacial score (nSPS) is 31.0. The summed E-state index contributed by atoms with van der Waals surface area (Å²) in [4.78, 5) is 29.3. The second-order valence-electron chi connectivity index (χ2n) is 10.3. The van der Waals surface area contributed by atoms with Gasteiger partial charge >= 0.3 is 6.09 Å². The lowest BCUT2D eigenvalue weighted by atomic mass is 9.97. The Morgan fingerprint density at radius 3 is 2.58 bits per heavy atom. The number of nitrogens with zero attached hydrogens (tertiary/aromatic N) is 2. The third-order valence-electron chi connectivity index (χ3n) is 6.69. The lowest BCUT2D eigenvalue weighted by molar-refractivity contribution is -0.126. The van der Waals surface area contributed by atoms with Crippen LogP contribution in [0.15, 0.2) is 30.3 Å². The molecular formula is C24H34FN3O3. The summed E-state index contributed by atoms with van der Waals surface area (Å²) in [6.07, 6.45) is 0.247. The largest absolute Gasteiger partial charge is 0.444 e. The monoisotopic (exact) mass is 431 g/mol. The predicted octanol–water partition coefficient (Wildman–Crippen LogP) is 3.36. The SMILES string of the molecule is CC(C)(C)OC(=O)N1CC(F)CC1C(=O)N[C@H]1CC[C@@H]2CN(Cc3ccccc3)CC21. The Morgan fingerprint density at radius 2 is 1.87 bits per heavy atom. The number of benzene rings is 1. The summed E-state index contributed by atoms with van der Waals surface area (Å²) in [6, 6.07) is 9.72. The molecule has 2 amide bonds. The van der Waals surface area contributed by atoms with Crippen molar-refractivity contribution in [2.45, 2.75) is 70.4 Å². The van der Waals surface area contributed by atoms with Crippen molar-refractivity contribution in [3.8, 4) is 0 Å². The molecule has 2 saturated heterocycles. The Morgan fingerprint density at radius 1 is 1.13 bits per heavy atom. The summed E-state index contributed by atoms with van der Waals surface area (Å²) in [6.45, 7) is 8.14. The number of carbonyl (C=O) groups excluding carboxylic acids is 2. The molecule has 0 aromatic heterocycles. The second-order valence-corrected chi connectivity index (χ2v) is 10.3. The van der Waals surface area contributed by atoms with Gasteiger partial charge in [-0.15, -0.1) is 0 Å². The summed E-state index contributed by atoms with van der Waals surface area (Å²) < 4.78 is 19.5. The lowest BCUT2D eigenvalue weighted by Crippen LogP contribution is -2.51. The van der Waals surface area contributed by atoms with Crippen molar-refractivity contribution in [1.29, 1.82) is 0 Å². The topological polar surface area (TPSA) is 61.9 Å². The van der Waals surface area contributed by atoms with E-state index in [1.165, 1.54) is 10.5 Å². The molecule has 1 saturated carbocycles. The van der Waals surface area contributed by atoms with Crippen LogP contribution in [-0.2, 0) is 16.1 Å². The van der Waals surface area contributed by atoms with Gasteiger partial charge in [-0.25, -0.2) is 9.18 Å². The van der Waals surface area contributed by atoms with Crippen LogP contribution in [-0.4, -0.2) is 65.3 Å². The number of carbonyl (C=O) groups is 2. The third kappa shape index (κ3) is 5.20. The number of rotatable bonds is 4. The molecule has 31 heavy (non-hydrogen) atoms. The maximum atomic E-state index is 14.1. The number of halogens is 1. The van der Waals surface area contributed by atoms with E-state index in [1.54, 1.807) is 20.8 Å². The highest BCUT2D eigenvalue weighted by atomic mass is 19.1. The molecule has 6 nitrogen and oxygen atoms in total. The number of hydrogen-bond donors (Lipinski definition) is 1. The van der Waals surface area contributed by atoms with Crippen LogP contribution in [0.1, 0.15) is 45.6 Å². The van der Waals surface area contributed by atoms with E-state index in [2.05, 4.69) is 34.5 Å². The average Bonchev–Trinajstić information content (AvgIpc) is 3.37. The Hall–Kier alpha value is -2.15. The van der Waals surface area contributed by atoms with Crippen LogP contribution in [0.2, 0.25) is 0 Å². The summed E-state index contributed by atoms with van der Waals surface area (Å²) in [5.74, 6) is 0.733. The molecule has 3 unspecified atom stereocenters. The van der Waals surface area contributed by atoms with E-state index in [0.29, 0.717) is 11.8 Å². The van der Waals surface area contributed by atoms with Crippen molar-refractivity contribution in [3.63, 3.8) is 0 Å². The van der Waals surface area contributed by atoms with E-state index >= 15 is 0 Å². The Labute approximate surface area is 184 Å². The lowest BCUT2D eigenvalue weighted by Gasteiger charge is -2.29. The van der Waals surface area contributed by atoms with Crippen molar-refractivity contribution in [2.75, 3.05) is 19.6 Å². The number of hydrogen-bond acceptors (Lipinski definition) is 4. The molecule has 170 valence electrons. The molecule has 0 radical (unpaired) electrons. The zero-order valence-corrected chi connectivity index (χ0v) is 18.7. The first-order valence-electron chi connectivity index (χ1n) is 11.4. The Bertz CT molecular complexity index is 797. The summed E-state index contributed by atoms with van der Waals surface area (Å²) in [5.41, 5.74) is 0.619. The fourth-order valence-electron chi connectivity index (χ4n) is 5.34. The van der Waals surface area contributed by atoms with Gasteiger partial charge in [-0.1, -0.05) is 30.3 Å². The van der Waals surface area contributed by atoms with Gasteiger partial charge in [0.05, 0.1) is 6.54 Å². The highest BCUT2D eigenvalue weighted by molar-refractivity contribution is 5.86. The molecule has 7 heteroatoms. The molecule has 2 aliphatic heterocycles. The van der Waals surface area contributed by atoms with Crippen LogP contribution in [0.25, 0.3) is 0 Å². The van der Waals surface area contributed by atoms with Gasteiger partial charge in [0, 0.05) is 32.1 Å². The van der Waals surface area contributed by atoms with Gasteiger partial charge in [0.15, 0.2) is 0 Å². The molecule has 5 atom stereocenters. The first-order valence-corrected chi connectivity index (χ1v) is 11.4. The van der Waals surface area contributed by atoms with Crippen molar-refractivity contribution < 1.29 is 18.7 Å². The van der Waals surface area contributed by atoms with Crippen molar-refractivity contribution in [3.05, 3.63) is 35.9 Å². The molecule has 1 aromatic rings. The number of nitrogens with one attached hydrogen (secondary N) is 1. The van der Waals surface area contributed by atoms with Gasteiger partial charge in [-0.05, 0) is 51.0 Å². The summed E-state index contributed by atoms with van der Waals surface area (Å²) >= 11 is 0. The fourth-order valence-corrected chi connectivity index (χ4v) is 5.34. The third-order valence-corrected chi connectivity index (χ3v) is 6.69. The molecule has 1 N–H and O–H groups in total. The number of fused-ring (bicyclic) bond motifs is 1. The first kappa shape index (κ1) is 22.1. The van der Waals surface area contributed by atoms with Gasteiger partial charge in [0.2, 0.25) is 5.91 Å². The van der Waals surface area contributed by atoms with Crippen LogP contribution in [0, 0.1) is 11.8 Å². The second kappa shape index (κ2) is 8.77. The van der Waals surface area contributed by atoms with Crippen LogP contribution in [0.3, 0.4) is 0 Å². The van der Waals surface area contributed by atoms with Gasteiger partial charge in [0.1, 0.15) is 17.8 Å². The molecule has 1 aliphatic carbocycles. The number of ether oxygens (including phenoxy) is 1. The molecule has 2 heterocycles. The number of alkyl halides is 1. The smallest absolute Gasteiger partial charge is 0.411 e. The minimum atomic E-state index is -1.20. The van der Waals surface area contributed by atoms with E-state index in [1.807, 2.05) is 6.07 Å². The fraction of sp³-hybridized carbons (Fsp3) is 0.667. The number of amides is 2. The maximum absolute atomic E-state index is 14.1. The van der Waals surface area contributed by atoms with Crippen molar-refractivity contribution in [2.24, 2.45) is 11.8 Å². The average molecular weight is 432 g/mol. The molecule has 3 fully saturated rings. The Balaban J connectivity index is 1.35. The van der Waals surface area contributed by atoms with Crippen LogP contribution in [0.5, 0.6) is 0 Å². The van der Waals surface area contributed by atoms with Crippen LogP contribution >= 0.6 is 0 Å². The molecule has 0 bridgehead atoms. The summed E-state index contributed by atoms with van der Waals surface area (Å²) in [7, 11) is 0. The zero-order chi connectivity index (χ0) is 22.2. The van der Waals surface area contributed by atoms with E-state index < -0.39 is 23.9 Å².